The summed E-state index contributed by atoms with van der Waals surface area (Å²) in [6.45, 7) is 5.32. The Labute approximate surface area is 168 Å². The Kier molecular flexibility index (Phi) is 11.8. The average Bonchev–Trinajstić information content (AvgIpc) is 2.52. The summed E-state index contributed by atoms with van der Waals surface area (Å²) in [5, 5.41) is 6.40. The van der Waals surface area contributed by atoms with Crippen LogP contribution in [-0.4, -0.2) is 52.6 Å². The van der Waals surface area contributed by atoms with E-state index in [2.05, 4.69) is 15.6 Å². The summed E-state index contributed by atoms with van der Waals surface area (Å²) < 4.78 is 28.1. The minimum absolute atomic E-state index is 0. The van der Waals surface area contributed by atoms with Crippen LogP contribution in [0.5, 0.6) is 5.75 Å². The normalized spacial score (nSPS) is 12.9. The molecule has 0 aliphatic rings. The van der Waals surface area contributed by atoms with Crippen LogP contribution in [0.3, 0.4) is 0 Å². The van der Waals surface area contributed by atoms with Crippen LogP contribution in [0, 0.1) is 6.92 Å². The molecule has 0 bridgehead atoms. The fourth-order valence-corrected chi connectivity index (χ4v) is 2.85. The number of ether oxygens (including phenoxy) is 1. The van der Waals surface area contributed by atoms with E-state index in [1.54, 1.807) is 7.05 Å². The second-order valence-corrected chi connectivity index (χ2v) is 8.19. The molecule has 1 aromatic rings. The highest BCUT2D eigenvalue weighted by Crippen LogP contribution is 2.15. The zero-order chi connectivity index (χ0) is 18.0. The van der Waals surface area contributed by atoms with E-state index in [0.29, 0.717) is 19.0 Å². The fraction of sp³-hybridized carbons (Fsp3) is 0.588. The lowest BCUT2D eigenvalue weighted by Gasteiger charge is -2.17. The lowest BCUT2D eigenvalue weighted by molar-refractivity contribution is 0.309. The monoisotopic (exact) mass is 483 g/mol. The standard InChI is InChI=1S/C17H29N3O3S.HI/c1-14-8-5-6-9-16(14)23-12-7-11-19-17(18-3)20-15(2)10-13-24(4,21)22;/h5-6,8-9,15H,7,10-13H2,1-4H3,(H2,18,19,20);1H. The number of hydrogen-bond acceptors (Lipinski definition) is 4. The van der Waals surface area contributed by atoms with Gasteiger partial charge in [-0.3, -0.25) is 4.99 Å². The molecule has 0 aliphatic carbocycles. The number of aryl methyl sites for hydroxylation is 1. The third-order valence-electron chi connectivity index (χ3n) is 3.49. The number of hydrogen-bond donors (Lipinski definition) is 2. The number of guanidine groups is 1. The van der Waals surface area contributed by atoms with Crippen molar-refractivity contribution in [3.8, 4) is 5.75 Å². The smallest absolute Gasteiger partial charge is 0.191 e. The second-order valence-electron chi connectivity index (χ2n) is 5.93. The Morgan fingerprint density at radius 3 is 2.60 bits per heavy atom. The largest absolute Gasteiger partial charge is 0.493 e. The highest BCUT2D eigenvalue weighted by atomic mass is 127. The molecule has 1 aromatic carbocycles. The Morgan fingerprint density at radius 1 is 1.32 bits per heavy atom. The van der Waals surface area contributed by atoms with Crippen molar-refractivity contribution in [2.75, 3.05) is 32.2 Å². The van der Waals surface area contributed by atoms with Crippen LogP contribution >= 0.6 is 24.0 Å². The molecule has 1 rings (SSSR count). The number of para-hydroxylation sites is 1. The van der Waals surface area contributed by atoms with Gasteiger partial charge in [0.1, 0.15) is 15.6 Å². The molecule has 0 spiro atoms. The summed E-state index contributed by atoms with van der Waals surface area (Å²) in [7, 11) is -1.24. The lowest BCUT2D eigenvalue weighted by atomic mass is 10.2. The predicted octanol–water partition coefficient (Wildman–Crippen LogP) is 2.37. The van der Waals surface area contributed by atoms with Crippen molar-refractivity contribution in [1.82, 2.24) is 10.6 Å². The molecule has 25 heavy (non-hydrogen) atoms. The Bertz CT molecular complexity index is 636. The highest BCUT2D eigenvalue weighted by Gasteiger charge is 2.09. The van der Waals surface area contributed by atoms with E-state index >= 15 is 0 Å². The van der Waals surface area contributed by atoms with Crippen molar-refractivity contribution in [1.29, 1.82) is 0 Å². The number of benzene rings is 1. The van der Waals surface area contributed by atoms with E-state index in [9.17, 15) is 8.42 Å². The molecule has 1 atom stereocenters. The first-order chi connectivity index (χ1) is 11.3. The minimum Gasteiger partial charge on any atom is -0.493 e. The third-order valence-corrected chi connectivity index (χ3v) is 4.47. The SMILES string of the molecule is CN=C(NCCCOc1ccccc1C)NC(C)CCS(C)(=O)=O.I. The van der Waals surface area contributed by atoms with E-state index in [1.165, 1.54) is 6.26 Å². The molecule has 1 unspecified atom stereocenters. The number of rotatable bonds is 9. The molecule has 0 fully saturated rings. The van der Waals surface area contributed by atoms with E-state index < -0.39 is 9.84 Å². The van der Waals surface area contributed by atoms with Gasteiger partial charge in [0.15, 0.2) is 5.96 Å². The van der Waals surface area contributed by atoms with Gasteiger partial charge in [0.2, 0.25) is 0 Å². The van der Waals surface area contributed by atoms with Gasteiger partial charge in [-0.15, -0.1) is 24.0 Å². The number of nitrogens with one attached hydrogen (secondary N) is 2. The molecule has 144 valence electrons. The van der Waals surface area contributed by atoms with Crippen LogP contribution in [0.4, 0.5) is 0 Å². The Balaban J connectivity index is 0.00000576. The molecule has 0 saturated heterocycles. The van der Waals surface area contributed by atoms with Crippen LogP contribution in [-0.2, 0) is 9.84 Å². The summed E-state index contributed by atoms with van der Waals surface area (Å²) >= 11 is 0. The van der Waals surface area contributed by atoms with Gasteiger partial charge in [-0.2, -0.15) is 0 Å². The average molecular weight is 483 g/mol. The highest BCUT2D eigenvalue weighted by molar-refractivity contribution is 14.0. The molecule has 8 heteroatoms. The first kappa shape index (κ1) is 24.0. The van der Waals surface area contributed by atoms with Crippen LogP contribution < -0.4 is 15.4 Å². The van der Waals surface area contributed by atoms with Gasteiger partial charge < -0.3 is 15.4 Å². The van der Waals surface area contributed by atoms with Crippen molar-refractivity contribution in [3.05, 3.63) is 29.8 Å². The third kappa shape index (κ3) is 11.2. The van der Waals surface area contributed by atoms with Gasteiger partial charge in [0.25, 0.3) is 0 Å². The van der Waals surface area contributed by atoms with Crippen LogP contribution in [0.15, 0.2) is 29.3 Å². The molecule has 6 nitrogen and oxygen atoms in total. The van der Waals surface area contributed by atoms with Crippen LogP contribution in [0.25, 0.3) is 0 Å². The lowest BCUT2D eigenvalue weighted by Crippen LogP contribution is -2.43. The van der Waals surface area contributed by atoms with Gasteiger partial charge in [0.05, 0.1) is 12.4 Å². The maximum absolute atomic E-state index is 11.2. The van der Waals surface area contributed by atoms with Crippen molar-refractivity contribution < 1.29 is 13.2 Å². The van der Waals surface area contributed by atoms with E-state index in [0.717, 1.165) is 24.3 Å². The number of sulfone groups is 1. The quantitative estimate of drug-likeness (QED) is 0.244. The zero-order valence-electron chi connectivity index (χ0n) is 15.4. The molecule has 0 heterocycles. The predicted molar refractivity (Wildman–Crippen MR) is 115 cm³/mol. The molecule has 0 aliphatic heterocycles. The Morgan fingerprint density at radius 2 is 2.00 bits per heavy atom. The molecular formula is C17H30IN3O3S. The van der Waals surface area contributed by atoms with Crippen molar-refractivity contribution in [2.45, 2.75) is 32.7 Å². The van der Waals surface area contributed by atoms with Gasteiger partial charge in [-0.1, -0.05) is 18.2 Å². The van der Waals surface area contributed by atoms with E-state index in [-0.39, 0.29) is 35.8 Å². The molecule has 0 aromatic heterocycles. The number of halogens is 1. The van der Waals surface area contributed by atoms with E-state index in [4.69, 9.17) is 4.74 Å². The summed E-state index contributed by atoms with van der Waals surface area (Å²) in [4.78, 5) is 4.15. The zero-order valence-corrected chi connectivity index (χ0v) is 18.6. The maximum atomic E-state index is 11.2. The first-order valence-electron chi connectivity index (χ1n) is 8.15. The minimum atomic E-state index is -2.93. The van der Waals surface area contributed by atoms with Crippen LogP contribution in [0.2, 0.25) is 0 Å². The second kappa shape index (κ2) is 12.3. The van der Waals surface area contributed by atoms with Gasteiger partial charge in [0, 0.05) is 25.9 Å². The maximum Gasteiger partial charge on any atom is 0.191 e. The van der Waals surface area contributed by atoms with Crippen molar-refractivity contribution in [3.63, 3.8) is 0 Å². The van der Waals surface area contributed by atoms with E-state index in [1.807, 2.05) is 38.1 Å². The van der Waals surface area contributed by atoms with Gasteiger partial charge >= 0.3 is 0 Å². The van der Waals surface area contributed by atoms with Gasteiger partial charge in [-0.05, 0) is 38.3 Å². The Hall–Kier alpha value is -1.03. The van der Waals surface area contributed by atoms with Crippen LogP contribution in [0.1, 0.15) is 25.3 Å². The summed E-state index contributed by atoms with van der Waals surface area (Å²) in [6, 6.07) is 7.98. The van der Waals surface area contributed by atoms with Crippen molar-refractivity contribution in [2.24, 2.45) is 4.99 Å². The molecule has 2 N–H and O–H groups in total. The molecule has 0 radical (unpaired) electrons. The number of aliphatic imine (C=N–C) groups is 1. The topological polar surface area (TPSA) is 79.8 Å². The summed E-state index contributed by atoms with van der Waals surface area (Å²) in [5.41, 5.74) is 1.13. The number of nitrogens with zero attached hydrogens (tertiary/aromatic N) is 1. The van der Waals surface area contributed by atoms with Gasteiger partial charge in [-0.25, -0.2) is 8.42 Å². The molecule has 0 saturated carbocycles. The molecule has 0 amide bonds. The summed E-state index contributed by atoms with van der Waals surface area (Å²) in [6.07, 6.45) is 2.64. The first-order valence-corrected chi connectivity index (χ1v) is 10.2. The fourth-order valence-electron chi connectivity index (χ4n) is 2.07. The molecular weight excluding hydrogens is 453 g/mol. The summed E-state index contributed by atoms with van der Waals surface area (Å²) in [5.74, 6) is 1.75. The van der Waals surface area contributed by atoms with Crippen molar-refractivity contribution >= 4 is 39.8 Å².